The molecule has 0 fully saturated rings. The third-order valence-corrected chi connectivity index (χ3v) is 3.76. The minimum Gasteiger partial charge on any atom is -0.462 e. The number of alkyl halides is 1. The first kappa shape index (κ1) is 23.2. The maximum atomic E-state index is 14.6. The highest BCUT2D eigenvalue weighted by Crippen LogP contribution is 2.23. The summed E-state index contributed by atoms with van der Waals surface area (Å²) in [6, 6.07) is 0.387. The van der Waals surface area contributed by atoms with Gasteiger partial charge in [-0.1, -0.05) is 0 Å². The predicted octanol–water partition coefficient (Wildman–Crippen LogP) is 3.44. The van der Waals surface area contributed by atoms with Crippen LogP contribution in [0.15, 0.2) is 17.1 Å². The molecule has 7 nitrogen and oxygen atoms in total. The van der Waals surface area contributed by atoms with Crippen LogP contribution in [-0.2, 0) is 9.47 Å². The molecule has 0 aliphatic rings. The monoisotopic (exact) mass is 432 g/mol. The van der Waals surface area contributed by atoms with Crippen molar-refractivity contribution in [2.45, 2.75) is 33.3 Å². The van der Waals surface area contributed by atoms with Crippen molar-refractivity contribution in [1.82, 2.24) is 4.68 Å². The van der Waals surface area contributed by atoms with Crippen LogP contribution >= 0.6 is 0 Å². The van der Waals surface area contributed by atoms with Crippen molar-refractivity contribution in [2.24, 2.45) is 0 Å². The zero-order valence-corrected chi connectivity index (χ0v) is 16.7. The standard InChI is InChI=1S/C19H20F4N2O5/c1-5-29-17(27)11-9-25(24(7-6-20)18(28)30-19(2,3)4)15-10(16(11)26)8-12(21)13(22)14(15)23/h8-9H,5-7H2,1-4H3. The highest BCUT2D eigenvalue weighted by atomic mass is 19.2. The summed E-state index contributed by atoms with van der Waals surface area (Å²) >= 11 is 0. The molecule has 0 radical (unpaired) electrons. The summed E-state index contributed by atoms with van der Waals surface area (Å²) in [6.45, 7) is 4.05. The van der Waals surface area contributed by atoms with Crippen LogP contribution in [0.25, 0.3) is 10.9 Å². The van der Waals surface area contributed by atoms with E-state index in [1.807, 2.05) is 0 Å². The second kappa shape index (κ2) is 8.72. The van der Waals surface area contributed by atoms with Crippen LogP contribution in [0.1, 0.15) is 38.1 Å². The Morgan fingerprint density at radius 3 is 2.33 bits per heavy atom. The molecule has 2 rings (SSSR count). The molecular formula is C19H20F4N2O5. The van der Waals surface area contributed by atoms with Crippen LogP contribution in [0.4, 0.5) is 22.4 Å². The minimum absolute atomic E-state index is 0.122. The van der Waals surface area contributed by atoms with Crippen molar-refractivity contribution in [3.05, 3.63) is 45.5 Å². The molecule has 0 aliphatic heterocycles. The van der Waals surface area contributed by atoms with Gasteiger partial charge in [0, 0.05) is 6.20 Å². The molecule has 0 spiro atoms. The normalized spacial score (nSPS) is 11.5. The third-order valence-electron chi connectivity index (χ3n) is 3.76. The Kier molecular flexibility index (Phi) is 6.73. The number of pyridine rings is 1. The molecule has 2 aromatic rings. The Labute approximate surface area is 168 Å². The van der Waals surface area contributed by atoms with Crippen LogP contribution in [0, 0.1) is 17.5 Å². The lowest BCUT2D eigenvalue weighted by Crippen LogP contribution is -2.46. The first-order valence-electron chi connectivity index (χ1n) is 8.89. The second-order valence-corrected chi connectivity index (χ2v) is 7.11. The largest absolute Gasteiger partial charge is 0.462 e. The number of esters is 1. The summed E-state index contributed by atoms with van der Waals surface area (Å²) in [6.07, 6.45) is -0.480. The van der Waals surface area contributed by atoms with E-state index >= 15 is 0 Å². The summed E-state index contributed by atoms with van der Waals surface area (Å²) in [5.74, 6) is -6.54. The quantitative estimate of drug-likeness (QED) is 0.411. The van der Waals surface area contributed by atoms with Crippen LogP contribution in [-0.4, -0.2) is 42.2 Å². The number of ether oxygens (including phenoxy) is 2. The molecule has 1 amide bonds. The molecule has 164 valence electrons. The summed E-state index contributed by atoms with van der Waals surface area (Å²) in [4.78, 5) is 37.4. The Hall–Kier alpha value is -3.11. The number of carbonyl (C=O) groups is 2. The van der Waals surface area contributed by atoms with E-state index in [9.17, 15) is 31.9 Å². The molecule has 0 saturated heterocycles. The maximum Gasteiger partial charge on any atom is 0.429 e. The van der Waals surface area contributed by atoms with Gasteiger partial charge in [0.25, 0.3) is 0 Å². The van der Waals surface area contributed by atoms with Gasteiger partial charge in [-0.05, 0) is 33.8 Å². The summed E-state index contributed by atoms with van der Waals surface area (Å²) < 4.78 is 65.9. The average Bonchev–Trinajstić information content (AvgIpc) is 2.64. The van der Waals surface area contributed by atoms with E-state index in [-0.39, 0.29) is 6.61 Å². The van der Waals surface area contributed by atoms with Crippen molar-refractivity contribution in [2.75, 3.05) is 24.8 Å². The molecule has 1 aromatic heterocycles. The van der Waals surface area contributed by atoms with Gasteiger partial charge >= 0.3 is 12.1 Å². The molecule has 1 aromatic carbocycles. The zero-order valence-electron chi connectivity index (χ0n) is 16.7. The van der Waals surface area contributed by atoms with Crippen molar-refractivity contribution in [3.8, 4) is 0 Å². The lowest BCUT2D eigenvalue weighted by molar-refractivity contribution is 0.0508. The van der Waals surface area contributed by atoms with Gasteiger partial charge < -0.3 is 9.47 Å². The zero-order chi connectivity index (χ0) is 22.8. The summed E-state index contributed by atoms with van der Waals surface area (Å²) in [5, 5.41) is -0.222. The lowest BCUT2D eigenvalue weighted by atomic mass is 10.1. The second-order valence-electron chi connectivity index (χ2n) is 7.11. The number of amides is 1. The van der Waals surface area contributed by atoms with Crippen LogP contribution < -0.4 is 10.4 Å². The fourth-order valence-electron chi connectivity index (χ4n) is 2.60. The molecule has 30 heavy (non-hydrogen) atoms. The number of nitrogens with zero attached hydrogens (tertiary/aromatic N) is 2. The van der Waals surface area contributed by atoms with Gasteiger partial charge in [-0.2, -0.15) is 0 Å². The van der Waals surface area contributed by atoms with Crippen molar-refractivity contribution in [1.29, 1.82) is 0 Å². The number of hydrogen-bond acceptors (Lipinski definition) is 5. The molecule has 0 saturated carbocycles. The molecule has 0 bridgehead atoms. The first-order chi connectivity index (χ1) is 13.9. The minimum atomic E-state index is -1.91. The summed E-state index contributed by atoms with van der Waals surface area (Å²) in [5.41, 5.74) is -3.75. The Morgan fingerprint density at radius 1 is 1.17 bits per heavy atom. The van der Waals surface area contributed by atoms with Gasteiger partial charge in [0.05, 0.1) is 18.5 Å². The van der Waals surface area contributed by atoms with Crippen LogP contribution in [0.5, 0.6) is 0 Å². The SMILES string of the molecule is CCOC(=O)c1cn(N(CCF)C(=O)OC(C)(C)C)c2c(F)c(F)c(F)cc2c1=O. The lowest BCUT2D eigenvalue weighted by Gasteiger charge is -2.29. The molecule has 0 unspecified atom stereocenters. The smallest absolute Gasteiger partial charge is 0.429 e. The van der Waals surface area contributed by atoms with Crippen LogP contribution in [0.3, 0.4) is 0 Å². The Bertz CT molecular complexity index is 1050. The van der Waals surface area contributed by atoms with E-state index in [4.69, 9.17) is 9.47 Å². The molecule has 1 heterocycles. The average molecular weight is 432 g/mol. The fraction of sp³-hybridized carbons (Fsp3) is 0.421. The van der Waals surface area contributed by atoms with Gasteiger partial charge in [-0.25, -0.2) is 32.2 Å². The predicted molar refractivity (Wildman–Crippen MR) is 99.3 cm³/mol. The van der Waals surface area contributed by atoms with Crippen molar-refractivity contribution < 1.29 is 36.6 Å². The molecule has 11 heteroatoms. The number of benzene rings is 1. The molecule has 0 aliphatic carbocycles. The topological polar surface area (TPSA) is 77.8 Å². The molecular weight excluding hydrogens is 412 g/mol. The number of fused-ring (bicyclic) bond motifs is 1. The highest BCUT2D eigenvalue weighted by molar-refractivity contribution is 5.95. The molecule has 0 atom stereocenters. The first-order valence-corrected chi connectivity index (χ1v) is 8.89. The highest BCUT2D eigenvalue weighted by Gasteiger charge is 2.29. The number of rotatable bonds is 5. The van der Waals surface area contributed by atoms with E-state index in [1.165, 1.54) is 27.7 Å². The van der Waals surface area contributed by atoms with Gasteiger partial charge in [-0.15, -0.1) is 0 Å². The number of aromatic nitrogens is 1. The fourth-order valence-corrected chi connectivity index (χ4v) is 2.60. The van der Waals surface area contributed by atoms with Gasteiger partial charge in [0.1, 0.15) is 23.4 Å². The van der Waals surface area contributed by atoms with Gasteiger partial charge in [-0.3, -0.25) is 9.47 Å². The number of carbonyl (C=O) groups excluding carboxylic acids is 2. The number of hydrogen-bond donors (Lipinski definition) is 0. The Morgan fingerprint density at radius 2 is 1.80 bits per heavy atom. The third kappa shape index (κ3) is 4.55. The van der Waals surface area contributed by atoms with E-state index in [2.05, 4.69) is 0 Å². The van der Waals surface area contributed by atoms with E-state index < -0.39 is 70.2 Å². The molecule has 0 N–H and O–H groups in total. The van der Waals surface area contributed by atoms with Crippen molar-refractivity contribution in [3.63, 3.8) is 0 Å². The number of halogens is 4. The van der Waals surface area contributed by atoms with E-state index in [0.717, 1.165) is 0 Å². The maximum absolute atomic E-state index is 14.6. The Balaban J connectivity index is 2.90. The van der Waals surface area contributed by atoms with Gasteiger partial charge in [0.15, 0.2) is 17.5 Å². The van der Waals surface area contributed by atoms with Gasteiger partial charge in [0.2, 0.25) is 5.43 Å². The van der Waals surface area contributed by atoms with E-state index in [0.29, 0.717) is 21.9 Å². The summed E-state index contributed by atoms with van der Waals surface area (Å²) in [7, 11) is 0. The van der Waals surface area contributed by atoms with Crippen LogP contribution in [0.2, 0.25) is 0 Å². The van der Waals surface area contributed by atoms with Crippen molar-refractivity contribution >= 4 is 23.0 Å². The van der Waals surface area contributed by atoms with E-state index in [1.54, 1.807) is 0 Å².